The molecule has 6 nitrogen and oxygen atoms in total. The molecule has 1 aliphatic rings. The van der Waals surface area contributed by atoms with Gasteiger partial charge in [-0.2, -0.15) is 0 Å². The van der Waals surface area contributed by atoms with Gasteiger partial charge in [0.2, 0.25) is 0 Å². The van der Waals surface area contributed by atoms with Gasteiger partial charge in [0, 0.05) is 0 Å². The number of rotatable bonds is 4. The SMILES string of the molecule is CC(C)(C)C(=O)[O][Ti]([O]C(=O)C(C)(C)C)([O]C(=O)C(C)(C)C)[C]1=CC=CC1. The molecule has 0 amide bonds. The van der Waals surface area contributed by atoms with Gasteiger partial charge in [-0.1, -0.05) is 0 Å². The summed E-state index contributed by atoms with van der Waals surface area (Å²) in [6, 6.07) is 0. The topological polar surface area (TPSA) is 78.9 Å². The van der Waals surface area contributed by atoms with Gasteiger partial charge in [0.1, 0.15) is 0 Å². The molecule has 0 aliphatic heterocycles. The third kappa shape index (κ3) is 6.32. The second-order valence-electron chi connectivity index (χ2n) is 9.80. The molecule has 152 valence electrons. The molecule has 1 rings (SSSR count). The van der Waals surface area contributed by atoms with Crippen molar-refractivity contribution >= 4 is 17.9 Å². The zero-order valence-electron chi connectivity index (χ0n) is 17.9. The number of carbonyl (C=O) groups excluding carboxylic acids is 3. The molecule has 0 bridgehead atoms. The third-order valence-electron chi connectivity index (χ3n) is 3.68. The van der Waals surface area contributed by atoms with Crippen LogP contribution in [0.15, 0.2) is 22.1 Å². The van der Waals surface area contributed by atoms with Gasteiger partial charge >= 0.3 is 167 Å². The first-order valence-corrected chi connectivity index (χ1v) is 11.7. The minimum atomic E-state index is -4.80. The Hall–Kier alpha value is -1.40. The van der Waals surface area contributed by atoms with E-state index < -0.39 is 51.9 Å². The Kier molecular flexibility index (Phi) is 6.94. The van der Waals surface area contributed by atoms with Crippen molar-refractivity contribution in [3.8, 4) is 0 Å². The molecule has 0 saturated carbocycles. The van der Waals surface area contributed by atoms with Crippen LogP contribution in [-0.4, -0.2) is 17.9 Å². The Morgan fingerprint density at radius 1 is 0.741 bits per heavy atom. The molecule has 0 aromatic heterocycles. The Labute approximate surface area is 167 Å². The van der Waals surface area contributed by atoms with Gasteiger partial charge in [-0.25, -0.2) is 0 Å². The van der Waals surface area contributed by atoms with E-state index >= 15 is 0 Å². The van der Waals surface area contributed by atoms with E-state index in [1.807, 2.05) is 6.08 Å². The maximum absolute atomic E-state index is 12.7. The molecule has 0 heterocycles. The van der Waals surface area contributed by atoms with Crippen molar-refractivity contribution in [2.24, 2.45) is 16.2 Å². The van der Waals surface area contributed by atoms with Crippen LogP contribution in [0.1, 0.15) is 68.7 Å². The van der Waals surface area contributed by atoms with Gasteiger partial charge in [0.05, 0.1) is 0 Å². The fourth-order valence-corrected chi connectivity index (χ4v) is 6.19. The van der Waals surface area contributed by atoms with Crippen LogP contribution in [0.4, 0.5) is 0 Å². The summed E-state index contributed by atoms with van der Waals surface area (Å²) in [4.78, 5) is 38.1. The quantitative estimate of drug-likeness (QED) is 0.628. The maximum atomic E-state index is 12.7. The van der Waals surface area contributed by atoms with Crippen molar-refractivity contribution in [3.05, 3.63) is 22.1 Å². The van der Waals surface area contributed by atoms with Crippen LogP contribution in [0.25, 0.3) is 0 Å². The first kappa shape index (κ1) is 23.6. The van der Waals surface area contributed by atoms with E-state index in [0.29, 0.717) is 10.3 Å². The van der Waals surface area contributed by atoms with Crippen LogP contribution >= 0.6 is 0 Å². The number of allylic oxidation sites excluding steroid dienone is 4. The molecule has 27 heavy (non-hydrogen) atoms. The average molecular weight is 416 g/mol. The van der Waals surface area contributed by atoms with Crippen molar-refractivity contribution in [1.29, 1.82) is 0 Å². The van der Waals surface area contributed by atoms with E-state index in [1.54, 1.807) is 74.5 Å². The van der Waals surface area contributed by atoms with Gasteiger partial charge in [-0.05, 0) is 0 Å². The summed E-state index contributed by atoms with van der Waals surface area (Å²) in [5.41, 5.74) is -2.53. The Bertz CT molecular complexity index is 599. The molecular formula is C20H32O6Ti. The standard InChI is InChI=1S/3C5H10O2.C5H5.Ti/c3*1-5(2,3)4(6)7;1-2-4-5-3-1;/h3*1-3H3,(H,6,7);1-3H,4H2;/q;;;;+3/p-3. The second kappa shape index (κ2) is 7.92. The zero-order valence-corrected chi connectivity index (χ0v) is 19.5. The molecule has 7 heteroatoms. The van der Waals surface area contributed by atoms with Crippen LogP contribution in [-0.2, 0) is 42.1 Å². The van der Waals surface area contributed by atoms with Crippen LogP contribution in [0.2, 0.25) is 0 Å². The van der Waals surface area contributed by atoms with Gasteiger partial charge in [0.25, 0.3) is 0 Å². The molecule has 0 spiro atoms. The summed E-state index contributed by atoms with van der Waals surface area (Å²) >= 11 is -4.80. The van der Waals surface area contributed by atoms with Crippen LogP contribution < -0.4 is 0 Å². The molecule has 0 fully saturated rings. The molecule has 0 aromatic carbocycles. The van der Waals surface area contributed by atoms with Gasteiger partial charge in [-0.3, -0.25) is 0 Å². The van der Waals surface area contributed by atoms with Gasteiger partial charge in [-0.15, -0.1) is 0 Å². The van der Waals surface area contributed by atoms with E-state index in [9.17, 15) is 14.4 Å². The fraction of sp³-hybridized carbons (Fsp3) is 0.650. The summed E-state index contributed by atoms with van der Waals surface area (Å²) in [7, 11) is 0. The number of carbonyl (C=O) groups is 3. The van der Waals surface area contributed by atoms with Crippen LogP contribution in [0.5, 0.6) is 0 Å². The summed E-state index contributed by atoms with van der Waals surface area (Å²) in [5.74, 6) is -1.71. The van der Waals surface area contributed by atoms with E-state index in [2.05, 4.69) is 0 Å². The Balaban J connectivity index is 3.44. The molecule has 0 atom stereocenters. The number of hydrogen-bond acceptors (Lipinski definition) is 6. The van der Waals surface area contributed by atoms with Crippen LogP contribution in [0, 0.1) is 16.2 Å². The molecule has 1 aliphatic carbocycles. The zero-order chi connectivity index (χ0) is 21.3. The van der Waals surface area contributed by atoms with Crippen molar-refractivity contribution in [3.63, 3.8) is 0 Å². The van der Waals surface area contributed by atoms with Gasteiger partial charge in [0.15, 0.2) is 0 Å². The molecule has 0 unspecified atom stereocenters. The number of hydrogen-bond donors (Lipinski definition) is 0. The summed E-state index contributed by atoms with van der Waals surface area (Å²) in [5, 5.41) is 0. The van der Waals surface area contributed by atoms with Gasteiger partial charge < -0.3 is 0 Å². The molecule has 0 N–H and O–H groups in total. The van der Waals surface area contributed by atoms with Crippen LogP contribution in [0.3, 0.4) is 0 Å². The van der Waals surface area contributed by atoms with E-state index in [4.69, 9.17) is 9.96 Å². The minimum absolute atomic E-state index is 0.409. The molecule has 0 saturated heterocycles. The van der Waals surface area contributed by atoms with E-state index in [0.717, 1.165) is 0 Å². The first-order valence-electron chi connectivity index (χ1n) is 9.05. The Morgan fingerprint density at radius 3 is 1.30 bits per heavy atom. The summed E-state index contributed by atoms with van der Waals surface area (Å²) in [6.07, 6.45) is 5.74. The normalized spacial score (nSPS) is 15.2. The predicted molar refractivity (Wildman–Crippen MR) is 98.5 cm³/mol. The Morgan fingerprint density at radius 2 is 1.07 bits per heavy atom. The summed E-state index contributed by atoms with van der Waals surface area (Å²) in [6.45, 7) is 15.3. The first-order chi connectivity index (χ1) is 12.0. The average Bonchev–Trinajstić information content (AvgIpc) is 2.98. The molecule has 0 aromatic rings. The van der Waals surface area contributed by atoms with Crippen molar-refractivity contribution in [1.82, 2.24) is 0 Å². The van der Waals surface area contributed by atoms with Crippen molar-refractivity contribution < 1.29 is 42.1 Å². The third-order valence-corrected chi connectivity index (χ3v) is 7.62. The van der Waals surface area contributed by atoms with E-state index in [1.165, 1.54) is 0 Å². The predicted octanol–water partition coefficient (Wildman–Crippen LogP) is 4.50. The monoisotopic (exact) mass is 416 g/mol. The fourth-order valence-electron chi connectivity index (χ4n) is 1.76. The second-order valence-corrected chi connectivity index (χ2v) is 13.5. The van der Waals surface area contributed by atoms with Crippen molar-refractivity contribution in [2.75, 3.05) is 0 Å². The van der Waals surface area contributed by atoms with Crippen molar-refractivity contribution in [2.45, 2.75) is 68.7 Å². The van der Waals surface area contributed by atoms with E-state index in [-0.39, 0.29) is 0 Å². The molecular weight excluding hydrogens is 384 g/mol. The summed E-state index contributed by atoms with van der Waals surface area (Å²) < 4.78 is 17.9. The molecule has 0 radical (unpaired) electrons.